The number of anilines is 1. The van der Waals surface area contributed by atoms with Crippen molar-refractivity contribution in [2.45, 2.75) is 19.4 Å². The normalized spacial score (nSPS) is 16.0. The van der Waals surface area contributed by atoms with Gasteiger partial charge in [-0.1, -0.05) is 23.3 Å². The summed E-state index contributed by atoms with van der Waals surface area (Å²) in [6, 6.07) is 10.1. The van der Waals surface area contributed by atoms with Gasteiger partial charge in [0, 0.05) is 30.5 Å². The topological polar surface area (TPSA) is 90.2 Å². The quantitative estimate of drug-likeness (QED) is 0.455. The largest absolute Gasteiger partial charge is 0.486 e. The number of rotatable bonds is 3. The molecular weight excluding hydrogens is 430 g/mol. The van der Waals surface area contributed by atoms with Crippen molar-refractivity contribution < 1.29 is 23.9 Å². The van der Waals surface area contributed by atoms with Gasteiger partial charge in [0.25, 0.3) is 5.91 Å². The lowest BCUT2D eigenvalue weighted by Crippen LogP contribution is -2.28. The van der Waals surface area contributed by atoms with Crippen molar-refractivity contribution in [3.05, 3.63) is 46.8 Å². The third-order valence-corrected chi connectivity index (χ3v) is 6.24. The number of thiazole rings is 1. The van der Waals surface area contributed by atoms with Crippen LogP contribution < -0.4 is 19.2 Å². The van der Waals surface area contributed by atoms with E-state index in [0.717, 1.165) is 15.1 Å². The number of amides is 3. The highest BCUT2D eigenvalue weighted by atomic mass is 32.1. The van der Waals surface area contributed by atoms with E-state index in [9.17, 15) is 14.4 Å². The molecule has 5 rings (SSSR count). The van der Waals surface area contributed by atoms with Gasteiger partial charge in [-0.15, -0.1) is 6.42 Å². The van der Waals surface area contributed by atoms with Gasteiger partial charge >= 0.3 is 0 Å². The molecule has 0 spiro atoms. The minimum absolute atomic E-state index is 0.173. The molecule has 0 atom stereocenters. The molecule has 1 aromatic heterocycles. The molecule has 0 aliphatic carbocycles. The zero-order chi connectivity index (χ0) is 22.2. The van der Waals surface area contributed by atoms with E-state index >= 15 is 0 Å². The number of carbonyl (C=O) groups excluding carboxylic acids is 3. The number of ether oxygens (including phenoxy) is 2. The van der Waals surface area contributed by atoms with Crippen LogP contribution in [0.3, 0.4) is 0 Å². The zero-order valence-corrected chi connectivity index (χ0v) is 17.7. The highest BCUT2D eigenvalue weighted by Crippen LogP contribution is 2.35. The van der Waals surface area contributed by atoms with Gasteiger partial charge in [-0.05, 0) is 18.2 Å². The van der Waals surface area contributed by atoms with Gasteiger partial charge < -0.3 is 14.0 Å². The van der Waals surface area contributed by atoms with Crippen LogP contribution in [0.5, 0.6) is 11.5 Å². The summed E-state index contributed by atoms with van der Waals surface area (Å²) in [5.74, 6) is 2.81. The highest BCUT2D eigenvalue weighted by molar-refractivity contribution is 7.16. The average molecular weight is 447 g/mol. The summed E-state index contributed by atoms with van der Waals surface area (Å²) < 4.78 is 13.9. The fourth-order valence-electron chi connectivity index (χ4n) is 3.73. The van der Waals surface area contributed by atoms with Crippen LogP contribution in [-0.2, 0) is 16.1 Å². The Morgan fingerprint density at radius 3 is 2.53 bits per heavy atom. The van der Waals surface area contributed by atoms with Crippen LogP contribution in [0.25, 0.3) is 10.2 Å². The number of carbonyl (C=O) groups is 3. The molecule has 160 valence electrons. The first kappa shape index (κ1) is 20.0. The molecule has 0 N–H and O–H groups in total. The average Bonchev–Trinajstić information content (AvgIpc) is 3.31. The number of nitrogens with zero attached hydrogens (tertiary/aromatic N) is 3. The van der Waals surface area contributed by atoms with Gasteiger partial charge in [0.2, 0.25) is 11.8 Å². The second kappa shape index (κ2) is 7.98. The fraction of sp³-hybridized carbons (Fsp3) is 0.217. The Labute approximate surface area is 186 Å². The molecule has 0 bridgehead atoms. The van der Waals surface area contributed by atoms with Crippen LogP contribution in [0.4, 0.5) is 5.69 Å². The molecule has 1 fully saturated rings. The van der Waals surface area contributed by atoms with Crippen LogP contribution in [-0.4, -0.2) is 35.5 Å². The van der Waals surface area contributed by atoms with Gasteiger partial charge in [-0.3, -0.25) is 19.3 Å². The lowest BCUT2D eigenvalue weighted by molar-refractivity contribution is -0.121. The number of terminal acetylenes is 1. The maximum absolute atomic E-state index is 13.0. The van der Waals surface area contributed by atoms with E-state index in [1.54, 1.807) is 22.8 Å². The molecule has 0 saturated carbocycles. The molecule has 2 aliphatic heterocycles. The van der Waals surface area contributed by atoms with Crippen molar-refractivity contribution in [2.24, 2.45) is 4.99 Å². The Balaban J connectivity index is 1.57. The Kier molecular flexibility index (Phi) is 4.99. The molecule has 2 aliphatic rings. The number of fused-ring (bicyclic) bond motifs is 2. The first-order chi connectivity index (χ1) is 15.5. The van der Waals surface area contributed by atoms with E-state index in [-0.39, 0.29) is 36.8 Å². The molecule has 32 heavy (non-hydrogen) atoms. The Bertz CT molecular complexity index is 1380. The number of benzene rings is 2. The van der Waals surface area contributed by atoms with Crippen LogP contribution in [0.15, 0.2) is 41.4 Å². The van der Waals surface area contributed by atoms with Crippen molar-refractivity contribution in [1.82, 2.24) is 4.57 Å². The van der Waals surface area contributed by atoms with E-state index < -0.39 is 5.91 Å². The van der Waals surface area contributed by atoms with E-state index in [0.29, 0.717) is 35.2 Å². The van der Waals surface area contributed by atoms with E-state index in [1.165, 1.54) is 17.4 Å². The third kappa shape index (κ3) is 3.44. The molecule has 3 heterocycles. The molecule has 8 nitrogen and oxygen atoms in total. The maximum Gasteiger partial charge on any atom is 0.279 e. The van der Waals surface area contributed by atoms with Crippen LogP contribution in [0, 0.1) is 12.3 Å². The number of hydrogen-bond donors (Lipinski definition) is 0. The number of aromatic nitrogens is 1. The molecule has 1 saturated heterocycles. The van der Waals surface area contributed by atoms with Crippen molar-refractivity contribution in [1.29, 1.82) is 0 Å². The van der Waals surface area contributed by atoms with Gasteiger partial charge in [0.1, 0.15) is 13.2 Å². The Hall–Kier alpha value is -3.90. The van der Waals surface area contributed by atoms with Crippen molar-refractivity contribution in [2.75, 3.05) is 18.1 Å². The predicted octanol–water partition coefficient (Wildman–Crippen LogP) is 2.50. The number of imide groups is 1. The predicted molar refractivity (Wildman–Crippen MR) is 118 cm³/mol. The van der Waals surface area contributed by atoms with Gasteiger partial charge in [0.05, 0.1) is 22.4 Å². The van der Waals surface area contributed by atoms with Crippen LogP contribution >= 0.6 is 11.3 Å². The molecule has 0 unspecified atom stereocenters. The Morgan fingerprint density at radius 1 is 1.09 bits per heavy atom. The summed E-state index contributed by atoms with van der Waals surface area (Å²) in [6.07, 6.45) is 5.90. The summed E-state index contributed by atoms with van der Waals surface area (Å²) in [6.45, 7) is 1.16. The molecule has 9 heteroatoms. The highest BCUT2D eigenvalue weighted by Gasteiger charge is 2.30. The maximum atomic E-state index is 13.0. The van der Waals surface area contributed by atoms with Crippen molar-refractivity contribution in [3.8, 4) is 23.8 Å². The van der Waals surface area contributed by atoms with Crippen LogP contribution in [0.2, 0.25) is 0 Å². The van der Waals surface area contributed by atoms with E-state index in [1.807, 2.05) is 12.1 Å². The molecule has 3 aromatic rings. The molecular formula is C23H17N3O5S. The van der Waals surface area contributed by atoms with Crippen molar-refractivity contribution in [3.63, 3.8) is 0 Å². The standard InChI is InChI=1S/C23H17N3O5S/c1-2-8-25-16-12-17-18(31-10-9-30-17)13-19(16)32-23(25)24-22(29)14-4-3-5-15(11-14)26-20(27)6-7-21(26)28/h1,3-5,11-13H,6-10H2. The van der Waals surface area contributed by atoms with Crippen LogP contribution in [0.1, 0.15) is 23.2 Å². The zero-order valence-electron chi connectivity index (χ0n) is 16.9. The van der Waals surface area contributed by atoms with E-state index in [4.69, 9.17) is 15.9 Å². The lowest BCUT2D eigenvalue weighted by atomic mass is 10.2. The van der Waals surface area contributed by atoms with Gasteiger partial charge in [0.15, 0.2) is 16.3 Å². The van der Waals surface area contributed by atoms with Crippen molar-refractivity contribution >= 4 is 45.0 Å². The second-order valence-corrected chi connectivity index (χ2v) is 8.24. The molecule has 2 aromatic carbocycles. The second-order valence-electron chi connectivity index (χ2n) is 7.23. The summed E-state index contributed by atoms with van der Waals surface area (Å²) in [7, 11) is 0. The fourth-order valence-corrected chi connectivity index (χ4v) is 4.77. The Morgan fingerprint density at radius 2 is 1.81 bits per heavy atom. The molecule has 0 radical (unpaired) electrons. The number of hydrogen-bond acceptors (Lipinski definition) is 6. The third-order valence-electron chi connectivity index (χ3n) is 5.20. The summed E-state index contributed by atoms with van der Waals surface area (Å²) >= 11 is 1.32. The lowest BCUT2D eigenvalue weighted by Gasteiger charge is -2.18. The van der Waals surface area contributed by atoms with E-state index in [2.05, 4.69) is 10.9 Å². The summed E-state index contributed by atoms with van der Waals surface area (Å²) in [5, 5.41) is 0. The van der Waals surface area contributed by atoms with Gasteiger partial charge in [-0.2, -0.15) is 4.99 Å². The first-order valence-corrected chi connectivity index (χ1v) is 10.8. The first-order valence-electron chi connectivity index (χ1n) is 9.96. The monoisotopic (exact) mass is 447 g/mol. The smallest absolute Gasteiger partial charge is 0.279 e. The summed E-state index contributed by atoms with van der Waals surface area (Å²) in [5.41, 5.74) is 1.44. The molecule has 3 amide bonds. The van der Waals surface area contributed by atoms with Gasteiger partial charge in [-0.25, -0.2) is 0 Å². The minimum Gasteiger partial charge on any atom is -0.486 e. The summed E-state index contributed by atoms with van der Waals surface area (Å²) in [4.78, 5) is 42.9. The SMILES string of the molecule is C#CCn1c(=NC(=O)c2cccc(N3C(=O)CCC3=O)c2)sc2cc3c(cc21)OCCO3. The minimum atomic E-state index is -0.500.